The third kappa shape index (κ3) is 4.79. The molecule has 5 N–H and O–H groups in total. The number of fused-ring (bicyclic) bond motifs is 1. The van der Waals surface area contributed by atoms with Crippen LogP contribution in [0.4, 0.5) is 5.69 Å². The Kier molecular flexibility index (Phi) is 6.66. The van der Waals surface area contributed by atoms with Gasteiger partial charge in [0.25, 0.3) is 0 Å². The van der Waals surface area contributed by atoms with Crippen molar-refractivity contribution in [2.24, 2.45) is 5.73 Å². The normalized spacial score (nSPS) is 20.3. The summed E-state index contributed by atoms with van der Waals surface area (Å²) in [5, 5.41) is 8.18. The molecule has 8 nitrogen and oxygen atoms in total. The summed E-state index contributed by atoms with van der Waals surface area (Å²) in [5.41, 5.74) is 11.5. The van der Waals surface area contributed by atoms with Crippen molar-refractivity contribution in [2.45, 2.75) is 24.6 Å². The Labute approximate surface area is 215 Å². The summed E-state index contributed by atoms with van der Waals surface area (Å²) in [4.78, 5) is 24.9. The molecule has 5 rings (SSSR count). The number of carbonyl (C=O) groups is 2. The average Bonchev–Trinajstić information content (AvgIpc) is 3.35. The largest absolute Gasteiger partial charge is 0.489 e. The lowest BCUT2D eigenvalue weighted by Crippen LogP contribution is -2.55. The van der Waals surface area contributed by atoms with Crippen molar-refractivity contribution in [1.29, 1.82) is 0 Å². The molecule has 0 spiro atoms. The van der Waals surface area contributed by atoms with Crippen LogP contribution in [-0.4, -0.2) is 23.4 Å². The Balaban J connectivity index is 1.40. The summed E-state index contributed by atoms with van der Waals surface area (Å²) < 4.78 is 5.91. The van der Waals surface area contributed by atoms with E-state index in [1.165, 1.54) is 6.08 Å². The zero-order valence-electron chi connectivity index (χ0n) is 20.3. The zero-order valence-corrected chi connectivity index (χ0v) is 20.3. The predicted octanol–water partition coefficient (Wildman–Crippen LogP) is 3.47. The molecule has 188 valence electrons. The number of hydrogen-bond donors (Lipinski definition) is 4. The molecule has 2 amide bonds. The van der Waals surface area contributed by atoms with Crippen molar-refractivity contribution < 1.29 is 14.3 Å². The molecule has 1 saturated heterocycles. The smallest absolute Gasteiger partial charge is 0.248 e. The van der Waals surface area contributed by atoms with Gasteiger partial charge >= 0.3 is 0 Å². The fourth-order valence-electron chi connectivity index (χ4n) is 4.76. The Hall–Kier alpha value is -4.56. The maximum atomic E-state index is 12.9. The molecule has 3 aromatic carbocycles. The number of anilines is 1. The van der Waals surface area contributed by atoms with E-state index in [1.54, 1.807) is 0 Å². The highest BCUT2D eigenvalue weighted by Gasteiger charge is 2.47. The van der Waals surface area contributed by atoms with Crippen molar-refractivity contribution in [3.8, 4) is 5.75 Å². The molecule has 2 heterocycles. The SMILES string of the molecule is C=CC(=O)Nc1ccccc1C1CCNC2=CC(C(N)=O)(c3ccc(OCc4ccccc4)cc3)NN21. The second kappa shape index (κ2) is 10.2. The van der Waals surface area contributed by atoms with E-state index in [4.69, 9.17) is 10.5 Å². The van der Waals surface area contributed by atoms with Crippen LogP contribution in [0.25, 0.3) is 0 Å². The lowest BCUT2D eigenvalue weighted by atomic mass is 9.90. The van der Waals surface area contributed by atoms with Crippen molar-refractivity contribution in [1.82, 2.24) is 15.8 Å². The first-order chi connectivity index (χ1) is 18.0. The number of nitrogens with one attached hydrogen (secondary N) is 3. The third-order valence-electron chi connectivity index (χ3n) is 6.65. The minimum Gasteiger partial charge on any atom is -0.489 e. The van der Waals surface area contributed by atoms with Crippen LogP contribution >= 0.6 is 0 Å². The molecule has 2 aliphatic rings. The van der Waals surface area contributed by atoms with Crippen LogP contribution < -0.4 is 26.5 Å². The molecule has 0 aliphatic carbocycles. The van der Waals surface area contributed by atoms with Crippen LogP contribution in [0.3, 0.4) is 0 Å². The summed E-state index contributed by atoms with van der Waals surface area (Å²) in [5.74, 6) is 0.636. The average molecular weight is 496 g/mol. The van der Waals surface area contributed by atoms with Crippen molar-refractivity contribution >= 4 is 17.5 Å². The van der Waals surface area contributed by atoms with E-state index in [0.717, 1.165) is 23.4 Å². The first-order valence-electron chi connectivity index (χ1n) is 12.1. The number of primary amides is 1. The number of benzene rings is 3. The minimum atomic E-state index is -1.25. The molecule has 2 atom stereocenters. The monoisotopic (exact) mass is 495 g/mol. The molecule has 0 saturated carbocycles. The molecule has 37 heavy (non-hydrogen) atoms. The van der Waals surface area contributed by atoms with Gasteiger partial charge in [-0.2, -0.15) is 0 Å². The summed E-state index contributed by atoms with van der Waals surface area (Å²) in [7, 11) is 0. The van der Waals surface area contributed by atoms with Gasteiger partial charge in [0.15, 0.2) is 5.54 Å². The summed E-state index contributed by atoms with van der Waals surface area (Å²) in [6.07, 6.45) is 3.81. The van der Waals surface area contributed by atoms with Crippen LogP contribution in [0.2, 0.25) is 0 Å². The molecule has 2 aliphatic heterocycles. The quantitative estimate of drug-likeness (QED) is 0.357. The van der Waals surface area contributed by atoms with Crippen molar-refractivity contribution in [3.63, 3.8) is 0 Å². The first-order valence-corrected chi connectivity index (χ1v) is 12.1. The molecule has 3 aromatic rings. The molecule has 0 aromatic heterocycles. The Bertz CT molecular complexity index is 1340. The molecule has 2 unspecified atom stereocenters. The number of hydrogen-bond acceptors (Lipinski definition) is 6. The molecular weight excluding hydrogens is 466 g/mol. The Morgan fingerprint density at radius 3 is 2.54 bits per heavy atom. The second-order valence-corrected chi connectivity index (χ2v) is 8.99. The summed E-state index contributed by atoms with van der Waals surface area (Å²) >= 11 is 0. The first kappa shape index (κ1) is 24.1. The third-order valence-corrected chi connectivity index (χ3v) is 6.65. The zero-order chi connectivity index (χ0) is 25.8. The van der Waals surface area contributed by atoms with Crippen LogP contribution in [0, 0.1) is 0 Å². The number of rotatable bonds is 8. The highest BCUT2D eigenvalue weighted by atomic mass is 16.5. The van der Waals surface area contributed by atoms with Crippen molar-refractivity contribution in [3.05, 3.63) is 120 Å². The molecule has 8 heteroatoms. The molecule has 0 bridgehead atoms. The van der Waals surface area contributed by atoms with Crippen LogP contribution in [-0.2, 0) is 21.7 Å². The van der Waals surface area contributed by atoms with E-state index in [-0.39, 0.29) is 11.9 Å². The van der Waals surface area contributed by atoms with E-state index in [9.17, 15) is 9.59 Å². The fourth-order valence-corrected chi connectivity index (χ4v) is 4.76. The van der Waals surface area contributed by atoms with Gasteiger partial charge in [0, 0.05) is 12.2 Å². The second-order valence-electron chi connectivity index (χ2n) is 8.99. The fraction of sp³-hybridized carbons (Fsp3) is 0.172. The van der Waals surface area contributed by atoms with Gasteiger partial charge in [-0.25, -0.2) is 5.43 Å². The van der Waals surface area contributed by atoms with Gasteiger partial charge in [-0.15, -0.1) is 0 Å². The van der Waals surface area contributed by atoms with Gasteiger partial charge in [0.1, 0.15) is 18.2 Å². The van der Waals surface area contributed by atoms with E-state index in [0.29, 0.717) is 30.2 Å². The van der Waals surface area contributed by atoms with Crippen LogP contribution in [0.5, 0.6) is 5.75 Å². The van der Waals surface area contributed by atoms with E-state index in [1.807, 2.05) is 89.9 Å². The molecule has 1 fully saturated rings. The minimum absolute atomic E-state index is 0.150. The number of ether oxygens (including phenoxy) is 1. The van der Waals surface area contributed by atoms with E-state index < -0.39 is 11.4 Å². The Morgan fingerprint density at radius 2 is 1.81 bits per heavy atom. The highest BCUT2D eigenvalue weighted by molar-refractivity contribution is 5.99. The van der Waals surface area contributed by atoms with Gasteiger partial charge in [0.2, 0.25) is 11.8 Å². The van der Waals surface area contributed by atoms with Gasteiger partial charge in [-0.05, 0) is 53.5 Å². The number of carbonyl (C=O) groups excluding carboxylic acids is 2. The van der Waals surface area contributed by atoms with E-state index in [2.05, 4.69) is 22.6 Å². The summed E-state index contributed by atoms with van der Waals surface area (Å²) in [6, 6.07) is 24.8. The maximum Gasteiger partial charge on any atom is 0.248 e. The Morgan fingerprint density at radius 1 is 1.08 bits per heavy atom. The number of nitrogens with zero attached hydrogens (tertiary/aromatic N) is 1. The van der Waals surface area contributed by atoms with Gasteiger partial charge in [-0.1, -0.05) is 67.2 Å². The van der Waals surface area contributed by atoms with Gasteiger partial charge in [-0.3, -0.25) is 14.6 Å². The topological polar surface area (TPSA) is 109 Å². The lowest BCUT2D eigenvalue weighted by molar-refractivity contribution is -0.124. The number of para-hydroxylation sites is 1. The van der Waals surface area contributed by atoms with Crippen LogP contribution in [0.1, 0.15) is 29.2 Å². The van der Waals surface area contributed by atoms with E-state index >= 15 is 0 Å². The standard InChI is InChI=1S/C29H29N5O3/c1-2-27(35)32-24-11-7-6-10-23(24)25-16-17-31-26-18-29(28(30)36,33-34(25)26)21-12-14-22(15-13-21)37-19-20-8-4-3-5-9-20/h2-15,18,25,31,33H,1,16-17,19H2,(H2,30,36)(H,32,35). The lowest BCUT2D eigenvalue weighted by Gasteiger charge is -2.39. The predicted molar refractivity (Wildman–Crippen MR) is 142 cm³/mol. The highest BCUT2D eigenvalue weighted by Crippen LogP contribution is 2.40. The van der Waals surface area contributed by atoms with Gasteiger partial charge < -0.3 is 21.1 Å². The van der Waals surface area contributed by atoms with Crippen molar-refractivity contribution in [2.75, 3.05) is 11.9 Å². The maximum absolute atomic E-state index is 12.9. The summed E-state index contributed by atoms with van der Waals surface area (Å²) in [6.45, 7) is 4.69. The number of nitrogens with two attached hydrogens (primary N) is 1. The molecule has 0 radical (unpaired) electrons. The van der Waals surface area contributed by atoms with Crippen LogP contribution in [0.15, 0.2) is 103 Å². The number of amides is 2. The molecular formula is C29H29N5O3. The number of hydrazine groups is 1. The van der Waals surface area contributed by atoms with Gasteiger partial charge in [0.05, 0.1) is 6.04 Å².